The molecule has 1 saturated carbocycles. The standard InChI is InChI=1S/C26H27ClF3N9O5/c1-37-19(17-11-32-36-20(17)26(28,29)30)12-31-21(37)22(40)33-13-2-3-16(18(27)10-13)23(41)38-4-6-39(7-5-38)24(42)34-14-8-15(9-14)35-25(43)44/h2-3,10-12,14-15,35H,4-9H2,1H3,(H,32,36)(H,33,40)(H,34,42)(H,43,44)/t14-,15+. The highest BCUT2D eigenvalue weighted by atomic mass is 35.5. The van der Waals surface area contributed by atoms with Crippen molar-refractivity contribution in [2.75, 3.05) is 31.5 Å². The van der Waals surface area contributed by atoms with E-state index in [-0.39, 0.29) is 70.5 Å². The number of anilines is 1. The van der Waals surface area contributed by atoms with E-state index in [0.717, 1.165) is 12.4 Å². The molecule has 2 fully saturated rings. The molecule has 2 aliphatic rings. The topological polar surface area (TPSA) is 178 Å². The molecule has 1 aliphatic carbocycles. The molecule has 5 amide bonds. The van der Waals surface area contributed by atoms with Crippen molar-refractivity contribution in [1.82, 2.24) is 40.2 Å². The molecule has 1 aromatic carbocycles. The van der Waals surface area contributed by atoms with Gasteiger partial charge in [0.05, 0.1) is 28.0 Å². The molecule has 0 atom stereocenters. The zero-order valence-corrected chi connectivity index (χ0v) is 23.9. The number of nitrogens with one attached hydrogen (secondary N) is 4. The molecule has 1 aliphatic heterocycles. The summed E-state index contributed by atoms with van der Waals surface area (Å²) >= 11 is 6.39. The highest BCUT2D eigenvalue weighted by Gasteiger charge is 2.38. The number of benzene rings is 1. The zero-order valence-electron chi connectivity index (χ0n) is 23.1. The van der Waals surface area contributed by atoms with Gasteiger partial charge in [0.15, 0.2) is 11.5 Å². The van der Waals surface area contributed by atoms with Crippen LogP contribution in [-0.4, -0.2) is 96.9 Å². The van der Waals surface area contributed by atoms with Crippen LogP contribution >= 0.6 is 11.6 Å². The smallest absolute Gasteiger partial charge is 0.435 e. The fourth-order valence-corrected chi connectivity index (χ4v) is 5.36. The van der Waals surface area contributed by atoms with Gasteiger partial charge in [0.25, 0.3) is 11.8 Å². The lowest BCUT2D eigenvalue weighted by molar-refractivity contribution is -0.140. The van der Waals surface area contributed by atoms with Gasteiger partial charge in [-0.3, -0.25) is 14.7 Å². The van der Waals surface area contributed by atoms with E-state index in [1.807, 2.05) is 0 Å². The van der Waals surface area contributed by atoms with Crippen LogP contribution in [-0.2, 0) is 13.2 Å². The van der Waals surface area contributed by atoms with Gasteiger partial charge in [0, 0.05) is 57.2 Å². The third-order valence-electron chi connectivity index (χ3n) is 7.48. The lowest BCUT2D eigenvalue weighted by Gasteiger charge is -2.39. The number of hydrogen-bond acceptors (Lipinski definition) is 6. The largest absolute Gasteiger partial charge is 0.465 e. The number of aromatic nitrogens is 4. The van der Waals surface area contributed by atoms with Crippen molar-refractivity contribution >= 4 is 41.2 Å². The summed E-state index contributed by atoms with van der Waals surface area (Å²) in [5, 5.41) is 22.1. The Morgan fingerprint density at radius 2 is 1.70 bits per heavy atom. The number of carbonyl (C=O) groups is 4. The molecule has 1 saturated heterocycles. The van der Waals surface area contributed by atoms with E-state index in [2.05, 4.69) is 31.1 Å². The summed E-state index contributed by atoms with van der Waals surface area (Å²) in [5.41, 5.74) is -0.951. The van der Waals surface area contributed by atoms with Crippen LogP contribution in [0.15, 0.2) is 30.6 Å². The Kier molecular flexibility index (Phi) is 8.40. The number of hydrogen-bond donors (Lipinski definition) is 5. The van der Waals surface area contributed by atoms with Crippen LogP contribution < -0.4 is 16.0 Å². The van der Waals surface area contributed by atoms with E-state index in [1.54, 1.807) is 9.80 Å². The number of piperazine rings is 1. The Hall–Kier alpha value is -4.80. The second-order valence-electron chi connectivity index (χ2n) is 10.4. The Bertz CT molecular complexity index is 1590. The number of nitrogens with zero attached hydrogens (tertiary/aromatic N) is 5. The van der Waals surface area contributed by atoms with E-state index in [9.17, 15) is 32.3 Å². The number of amides is 5. The maximum atomic E-state index is 13.3. The van der Waals surface area contributed by atoms with Gasteiger partial charge in [-0.1, -0.05) is 11.6 Å². The van der Waals surface area contributed by atoms with E-state index in [0.29, 0.717) is 25.9 Å². The normalized spacial score (nSPS) is 18.4. The molecule has 18 heteroatoms. The van der Waals surface area contributed by atoms with Crippen LogP contribution in [0, 0.1) is 0 Å². The van der Waals surface area contributed by atoms with Crippen molar-refractivity contribution in [3.63, 3.8) is 0 Å². The fraction of sp³-hybridized carbons (Fsp3) is 0.385. The van der Waals surface area contributed by atoms with Crippen molar-refractivity contribution in [3.8, 4) is 11.3 Å². The van der Waals surface area contributed by atoms with Crippen molar-refractivity contribution in [2.24, 2.45) is 7.05 Å². The molecular formula is C26H27ClF3N9O5. The molecule has 5 rings (SSSR count). The first-order chi connectivity index (χ1) is 20.8. The number of alkyl halides is 3. The van der Waals surface area contributed by atoms with Crippen molar-refractivity contribution in [3.05, 3.63) is 52.7 Å². The highest BCUT2D eigenvalue weighted by Crippen LogP contribution is 2.35. The molecule has 2 aromatic heterocycles. The number of rotatable bonds is 6. The van der Waals surface area contributed by atoms with Gasteiger partial charge in [-0.05, 0) is 31.0 Å². The third-order valence-corrected chi connectivity index (χ3v) is 7.79. The van der Waals surface area contributed by atoms with Crippen LogP contribution in [0.3, 0.4) is 0 Å². The van der Waals surface area contributed by atoms with Crippen LogP contribution in [0.4, 0.5) is 28.4 Å². The number of imidazole rings is 1. The zero-order chi connectivity index (χ0) is 31.8. The predicted molar refractivity (Wildman–Crippen MR) is 149 cm³/mol. The van der Waals surface area contributed by atoms with Gasteiger partial charge in [0.1, 0.15) is 0 Å². The minimum Gasteiger partial charge on any atom is -0.465 e. The lowest BCUT2D eigenvalue weighted by Crippen LogP contribution is -2.58. The Morgan fingerprint density at radius 1 is 1.05 bits per heavy atom. The molecule has 0 radical (unpaired) electrons. The van der Waals surface area contributed by atoms with Crippen LogP contribution in [0.5, 0.6) is 0 Å². The maximum absolute atomic E-state index is 13.3. The lowest BCUT2D eigenvalue weighted by atomic mass is 9.87. The van der Waals surface area contributed by atoms with Crippen molar-refractivity contribution in [2.45, 2.75) is 31.1 Å². The van der Waals surface area contributed by atoms with E-state index in [1.165, 1.54) is 29.8 Å². The van der Waals surface area contributed by atoms with Gasteiger partial charge in [-0.25, -0.2) is 14.6 Å². The van der Waals surface area contributed by atoms with Gasteiger partial charge in [-0.15, -0.1) is 0 Å². The van der Waals surface area contributed by atoms with E-state index in [4.69, 9.17) is 16.7 Å². The average molecular weight is 638 g/mol. The quantitative estimate of drug-likeness (QED) is 0.276. The van der Waals surface area contributed by atoms with E-state index >= 15 is 0 Å². The molecule has 0 bridgehead atoms. The summed E-state index contributed by atoms with van der Waals surface area (Å²) in [6.45, 7) is 1.12. The van der Waals surface area contributed by atoms with Crippen molar-refractivity contribution < 1.29 is 37.5 Å². The number of carbonyl (C=O) groups excluding carboxylic acids is 3. The molecule has 44 heavy (non-hydrogen) atoms. The molecule has 5 N–H and O–H groups in total. The molecule has 234 valence electrons. The van der Waals surface area contributed by atoms with E-state index < -0.39 is 23.9 Å². The second-order valence-corrected chi connectivity index (χ2v) is 10.8. The van der Waals surface area contributed by atoms with Gasteiger partial charge >= 0.3 is 18.3 Å². The Balaban J connectivity index is 1.15. The Morgan fingerprint density at radius 3 is 2.34 bits per heavy atom. The molecule has 3 aromatic rings. The number of H-pyrrole nitrogens is 1. The summed E-state index contributed by atoms with van der Waals surface area (Å²) in [5.74, 6) is -1.23. The number of urea groups is 1. The minimum atomic E-state index is -4.70. The molecule has 3 heterocycles. The first-order valence-corrected chi connectivity index (χ1v) is 13.8. The number of halogens is 4. The number of aromatic amines is 1. The maximum Gasteiger partial charge on any atom is 0.435 e. The molecule has 14 nitrogen and oxygen atoms in total. The summed E-state index contributed by atoms with van der Waals surface area (Å²) < 4.78 is 41.0. The second kappa shape index (κ2) is 12.1. The van der Waals surface area contributed by atoms with Gasteiger partial charge in [0.2, 0.25) is 0 Å². The molecule has 0 unspecified atom stereocenters. The predicted octanol–water partition coefficient (Wildman–Crippen LogP) is 3.00. The summed E-state index contributed by atoms with van der Waals surface area (Å²) in [6, 6.07) is 3.72. The third kappa shape index (κ3) is 6.41. The summed E-state index contributed by atoms with van der Waals surface area (Å²) in [7, 11) is 1.39. The van der Waals surface area contributed by atoms with Crippen LogP contribution in [0.25, 0.3) is 11.3 Å². The first-order valence-electron chi connectivity index (χ1n) is 13.4. The van der Waals surface area contributed by atoms with Gasteiger partial charge in [-0.2, -0.15) is 18.3 Å². The minimum absolute atomic E-state index is 0.0255. The first kappa shape index (κ1) is 30.7. The molecular weight excluding hydrogens is 611 g/mol. The van der Waals surface area contributed by atoms with Crippen LogP contribution in [0.2, 0.25) is 5.02 Å². The average Bonchev–Trinajstić information content (AvgIpc) is 3.58. The van der Waals surface area contributed by atoms with Crippen LogP contribution in [0.1, 0.15) is 39.5 Å². The number of carboxylic acid groups (broad SMARTS) is 1. The van der Waals surface area contributed by atoms with Crippen molar-refractivity contribution in [1.29, 1.82) is 0 Å². The highest BCUT2D eigenvalue weighted by molar-refractivity contribution is 6.34. The summed E-state index contributed by atoms with van der Waals surface area (Å²) in [6.07, 6.45) is -2.57. The fourth-order valence-electron chi connectivity index (χ4n) is 5.10. The monoisotopic (exact) mass is 637 g/mol. The summed E-state index contributed by atoms with van der Waals surface area (Å²) in [4.78, 5) is 56.4. The Labute approximate surface area is 252 Å². The molecule has 0 spiro atoms. The van der Waals surface area contributed by atoms with Gasteiger partial charge < -0.3 is 35.4 Å². The SMILES string of the molecule is Cn1c(-c2c[nH]nc2C(F)(F)F)cnc1C(=O)Nc1ccc(C(=O)N2CCN(C(=O)N[C@H]3C[C@@H](NC(=O)O)C3)CC2)c(Cl)c1.